The van der Waals surface area contributed by atoms with Crippen LogP contribution in [0.3, 0.4) is 0 Å². The molecule has 1 amide bonds. The normalized spacial score (nSPS) is 19.9. The molecule has 2 rings (SSSR count). The van der Waals surface area contributed by atoms with Gasteiger partial charge in [-0.25, -0.2) is 4.79 Å². The molecule has 1 aliphatic rings. The van der Waals surface area contributed by atoms with Crippen LogP contribution in [0.2, 0.25) is 0 Å². The Morgan fingerprint density at radius 2 is 2.17 bits per heavy atom. The average Bonchev–Trinajstić information content (AvgIpc) is 2.66. The van der Waals surface area contributed by atoms with Gasteiger partial charge in [-0.2, -0.15) is 0 Å². The number of carbonyl (C=O) groups excluding carboxylic acids is 1. The summed E-state index contributed by atoms with van der Waals surface area (Å²) in [5.74, 6) is 0. The second-order valence-electron chi connectivity index (χ2n) is 4.60. The summed E-state index contributed by atoms with van der Waals surface area (Å²) in [4.78, 5) is 11.6. The van der Waals surface area contributed by atoms with Gasteiger partial charge in [0.1, 0.15) is 6.61 Å². The molecule has 0 saturated carbocycles. The SMILES string of the molecule is O=C(N[C@@H]1CCCCNC1)OCc1ccccc1. The third kappa shape index (κ3) is 4.37. The molecule has 2 N–H and O–H groups in total. The zero-order valence-electron chi connectivity index (χ0n) is 10.5. The minimum atomic E-state index is -0.326. The van der Waals surface area contributed by atoms with Crippen LogP contribution < -0.4 is 10.6 Å². The van der Waals surface area contributed by atoms with Crippen LogP contribution in [0.5, 0.6) is 0 Å². The first-order valence-electron chi connectivity index (χ1n) is 6.52. The molecule has 0 unspecified atom stereocenters. The molecule has 1 fully saturated rings. The first kappa shape index (κ1) is 12.9. The summed E-state index contributed by atoms with van der Waals surface area (Å²) in [6, 6.07) is 9.90. The van der Waals surface area contributed by atoms with Gasteiger partial charge in [0, 0.05) is 12.6 Å². The van der Waals surface area contributed by atoms with E-state index in [2.05, 4.69) is 10.6 Å². The second-order valence-corrected chi connectivity index (χ2v) is 4.60. The van der Waals surface area contributed by atoms with E-state index in [0.717, 1.165) is 31.5 Å². The number of carbonyl (C=O) groups is 1. The van der Waals surface area contributed by atoms with Crippen molar-refractivity contribution in [2.45, 2.75) is 31.9 Å². The summed E-state index contributed by atoms with van der Waals surface area (Å²) in [5, 5.41) is 6.21. The molecule has 1 aromatic rings. The van der Waals surface area contributed by atoms with Gasteiger partial charge in [0.2, 0.25) is 0 Å². The second kappa shape index (κ2) is 7.01. The molecule has 1 saturated heterocycles. The van der Waals surface area contributed by atoms with Gasteiger partial charge in [-0.3, -0.25) is 0 Å². The highest BCUT2D eigenvalue weighted by atomic mass is 16.5. The van der Waals surface area contributed by atoms with E-state index in [-0.39, 0.29) is 12.1 Å². The van der Waals surface area contributed by atoms with E-state index in [0.29, 0.717) is 6.61 Å². The number of alkyl carbamates (subject to hydrolysis) is 1. The maximum Gasteiger partial charge on any atom is 0.407 e. The minimum Gasteiger partial charge on any atom is -0.445 e. The molecule has 1 aromatic carbocycles. The standard InChI is InChI=1S/C14H20N2O2/c17-14(16-13-8-4-5-9-15-10-13)18-11-12-6-2-1-3-7-12/h1-3,6-7,13,15H,4-5,8-11H2,(H,16,17)/t13-/m1/s1. The van der Waals surface area contributed by atoms with Crippen molar-refractivity contribution in [1.82, 2.24) is 10.6 Å². The topological polar surface area (TPSA) is 50.4 Å². The third-order valence-corrected chi connectivity index (χ3v) is 3.08. The van der Waals surface area contributed by atoms with Crippen molar-refractivity contribution in [2.75, 3.05) is 13.1 Å². The zero-order chi connectivity index (χ0) is 12.6. The molecule has 4 nitrogen and oxygen atoms in total. The Bertz CT molecular complexity index is 359. The van der Waals surface area contributed by atoms with E-state index in [1.165, 1.54) is 6.42 Å². The number of nitrogens with one attached hydrogen (secondary N) is 2. The van der Waals surface area contributed by atoms with Gasteiger partial charge >= 0.3 is 6.09 Å². The van der Waals surface area contributed by atoms with Crippen molar-refractivity contribution >= 4 is 6.09 Å². The van der Waals surface area contributed by atoms with Crippen molar-refractivity contribution in [2.24, 2.45) is 0 Å². The predicted octanol–water partition coefficient (Wildman–Crippen LogP) is 2.05. The van der Waals surface area contributed by atoms with Gasteiger partial charge in [0.25, 0.3) is 0 Å². The fourth-order valence-electron chi connectivity index (χ4n) is 2.07. The summed E-state index contributed by atoms with van der Waals surface area (Å²) in [7, 11) is 0. The molecular weight excluding hydrogens is 228 g/mol. The molecular formula is C14H20N2O2. The third-order valence-electron chi connectivity index (χ3n) is 3.08. The largest absolute Gasteiger partial charge is 0.445 e. The van der Waals surface area contributed by atoms with Crippen LogP contribution >= 0.6 is 0 Å². The number of ether oxygens (including phenoxy) is 1. The van der Waals surface area contributed by atoms with Gasteiger partial charge in [-0.15, -0.1) is 0 Å². The lowest BCUT2D eigenvalue weighted by atomic mass is 10.1. The maximum absolute atomic E-state index is 11.6. The van der Waals surface area contributed by atoms with Crippen LogP contribution in [0.25, 0.3) is 0 Å². The Labute approximate surface area is 108 Å². The van der Waals surface area contributed by atoms with Crippen LogP contribution in [0.4, 0.5) is 4.79 Å². The molecule has 18 heavy (non-hydrogen) atoms. The molecule has 98 valence electrons. The molecule has 0 radical (unpaired) electrons. The zero-order valence-corrected chi connectivity index (χ0v) is 10.5. The molecule has 0 aliphatic carbocycles. The Balaban J connectivity index is 1.71. The molecule has 4 heteroatoms. The summed E-state index contributed by atoms with van der Waals surface area (Å²) in [6.07, 6.45) is 3.02. The van der Waals surface area contributed by atoms with E-state index in [4.69, 9.17) is 4.74 Å². The Morgan fingerprint density at radius 1 is 1.33 bits per heavy atom. The highest BCUT2D eigenvalue weighted by Crippen LogP contribution is 2.05. The monoisotopic (exact) mass is 248 g/mol. The highest BCUT2D eigenvalue weighted by Gasteiger charge is 2.14. The average molecular weight is 248 g/mol. The van der Waals surface area contributed by atoms with E-state index in [9.17, 15) is 4.79 Å². The molecule has 1 heterocycles. The van der Waals surface area contributed by atoms with Crippen LogP contribution in [0, 0.1) is 0 Å². The van der Waals surface area contributed by atoms with E-state index < -0.39 is 0 Å². The first-order chi connectivity index (χ1) is 8.84. The van der Waals surface area contributed by atoms with Gasteiger partial charge in [0.05, 0.1) is 0 Å². The maximum atomic E-state index is 11.6. The van der Waals surface area contributed by atoms with Gasteiger partial charge in [0.15, 0.2) is 0 Å². The van der Waals surface area contributed by atoms with E-state index in [1.54, 1.807) is 0 Å². The van der Waals surface area contributed by atoms with Crippen LogP contribution in [-0.4, -0.2) is 25.2 Å². The Kier molecular flexibility index (Phi) is 5.02. The summed E-state index contributed by atoms with van der Waals surface area (Å²) >= 11 is 0. The Morgan fingerprint density at radius 3 is 3.00 bits per heavy atom. The first-order valence-corrected chi connectivity index (χ1v) is 6.52. The molecule has 0 spiro atoms. The molecule has 0 aromatic heterocycles. The summed E-state index contributed by atoms with van der Waals surface area (Å²) < 4.78 is 5.19. The number of benzene rings is 1. The minimum absolute atomic E-state index is 0.191. The van der Waals surface area contributed by atoms with Crippen molar-refractivity contribution in [3.63, 3.8) is 0 Å². The lowest BCUT2D eigenvalue weighted by molar-refractivity contribution is 0.135. The van der Waals surface area contributed by atoms with E-state index >= 15 is 0 Å². The predicted molar refractivity (Wildman–Crippen MR) is 70.3 cm³/mol. The highest BCUT2D eigenvalue weighted by molar-refractivity contribution is 5.67. The summed E-state index contributed by atoms with van der Waals surface area (Å²) in [6.45, 7) is 2.20. The lowest BCUT2D eigenvalue weighted by Crippen LogP contribution is -2.41. The number of rotatable bonds is 3. The number of amides is 1. The lowest BCUT2D eigenvalue weighted by Gasteiger charge is -2.16. The summed E-state index contributed by atoms with van der Waals surface area (Å²) in [5.41, 5.74) is 1.01. The van der Waals surface area contributed by atoms with E-state index in [1.807, 2.05) is 30.3 Å². The van der Waals surface area contributed by atoms with Gasteiger partial charge in [-0.05, 0) is 24.9 Å². The Hall–Kier alpha value is -1.55. The van der Waals surface area contributed by atoms with Gasteiger partial charge < -0.3 is 15.4 Å². The molecule has 0 bridgehead atoms. The number of hydrogen-bond acceptors (Lipinski definition) is 3. The quantitative estimate of drug-likeness (QED) is 0.860. The van der Waals surface area contributed by atoms with Crippen LogP contribution in [0.1, 0.15) is 24.8 Å². The van der Waals surface area contributed by atoms with Crippen molar-refractivity contribution in [3.05, 3.63) is 35.9 Å². The van der Waals surface area contributed by atoms with Gasteiger partial charge in [-0.1, -0.05) is 36.8 Å². The van der Waals surface area contributed by atoms with Crippen LogP contribution in [-0.2, 0) is 11.3 Å². The fourth-order valence-corrected chi connectivity index (χ4v) is 2.07. The molecule has 1 aliphatic heterocycles. The van der Waals surface area contributed by atoms with Crippen molar-refractivity contribution in [3.8, 4) is 0 Å². The smallest absolute Gasteiger partial charge is 0.407 e. The fraction of sp³-hybridized carbons (Fsp3) is 0.500. The number of hydrogen-bond donors (Lipinski definition) is 2. The van der Waals surface area contributed by atoms with Crippen LogP contribution in [0.15, 0.2) is 30.3 Å². The van der Waals surface area contributed by atoms with Crippen molar-refractivity contribution in [1.29, 1.82) is 0 Å². The van der Waals surface area contributed by atoms with Crippen molar-refractivity contribution < 1.29 is 9.53 Å². The molecule has 1 atom stereocenters.